The van der Waals surface area contributed by atoms with E-state index in [0.29, 0.717) is 13.2 Å². The number of fused-ring (bicyclic) bond motifs is 2. The number of methoxy groups -OCH3 is 1. The van der Waals surface area contributed by atoms with Gasteiger partial charge >= 0.3 is 0 Å². The van der Waals surface area contributed by atoms with Crippen molar-refractivity contribution in [3.63, 3.8) is 0 Å². The van der Waals surface area contributed by atoms with E-state index in [1.807, 2.05) is 13.8 Å². The maximum absolute atomic E-state index is 5.90. The van der Waals surface area contributed by atoms with Gasteiger partial charge in [0.05, 0.1) is 26.4 Å². The second-order valence-electron chi connectivity index (χ2n) is 6.90. The second kappa shape index (κ2) is 8.11. The van der Waals surface area contributed by atoms with Gasteiger partial charge in [-0.3, -0.25) is 0 Å². The van der Waals surface area contributed by atoms with Crippen LogP contribution in [0.4, 0.5) is 0 Å². The van der Waals surface area contributed by atoms with Crippen LogP contribution >= 0.6 is 0 Å². The molecule has 1 aliphatic heterocycles. The molecule has 4 heteroatoms. The molecule has 1 atom stereocenters. The van der Waals surface area contributed by atoms with Crippen molar-refractivity contribution in [1.29, 1.82) is 0 Å². The van der Waals surface area contributed by atoms with Crippen LogP contribution in [0.25, 0.3) is 10.8 Å². The van der Waals surface area contributed by atoms with Crippen LogP contribution < -0.4 is 19.5 Å². The van der Waals surface area contributed by atoms with E-state index in [2.05, 4.69) is 53.8 Å². The first-order chi connectivity index (χ1) is 13.8. The van der Waals surface area contributed by atoms with Crippen LogP contribution in [0.2, 0.25) is 0 Å². The van der Waals surface area contributed by atoms with Crippen molar-refractivity contribution in [2.24, 2.45) is 0 Å². The van der Waals surface area contributed by atoms with E-state index in [1.165, 1.54) is 27.5 Å². The van der Waals surface area contributed by atoms with Crippen molar-refractivity contribution in [1.82, 2.24) is 5.32 Å². The van der Waals surface area contributed by atoms with Crippen LogP contribution in [0.3, 0.4) is 0 Å². The third-order valence-electron chi connectivity index (χ3n) is 5.30. The first-order valence-electron chi connectivity index (χ1n) is 9.98. The zero-order chi connectivity index (χ0) is 19.5. The summed E-state index contributed by atoms with van der Waals surface area (Å²) in [5.74, 6) is 2.53. The molecule has 0 spiro atoms. The van der Waals surface area contributed by atoms with Gasteiger partial charge in [0.15, 0.2) is 11.5 Å². The molecule has 0 saturated carbocycles. The third kappa shape index (κ3) is 3.29. The van der Waals surface area contributed by atoms with E-state index in [-0.39, 0.29) is 6.04 Å². The molecular formula is C24H27NO3. The quantitative estimate of drug-likeness (QED) is 0.664. The minimum Gasteiger partial charge on any atom is -0.496 e. The van der Waals surface area contributed by atoms with E-state index in [0.717, 1.165) is 30.2 Å². The van der Waals surface area contributed by atoms with Gasteiger partial charge in [-0.1, -0.05) is 30.3 Å². The Hall–Kier alpha value is -2.72. The Labute approximate surface area is 166 Å². The molecule has 1 unspecified atom stereocenters. The summed E-state index contributed by atoms with van der Waals surface area (Å²) in [4.78, 5) is 0. The molecular weight excluding hydrogens is 350 g/mol. The van der Waals surface area contributed by atoms with Gasteiger partial charge in [-0.05, 0) is 60.4 Å². The van der Waals surface area contributed by atoms with Crippen LogP contribution in [0.15, 0.2) is 48.5 Å². The molecule has 0 bridgehead atoms. The highest BCUT2D eigenvalue weighted by atomic mass is 16.5. The summed E-state index contributed by atoms with van der Waals surface area (Å²) in [6.45, 7) is 6.13. The van der Waals surface area contributed by atoms with Gasteiger partial charge in [-0.2, -0.15) is 0 Å². The third-order valence-corrected chi connectivity index (χ3v) is 5.30. The molecule has 3 aromatic carbocycles. The summed E-state index contributed by atoms with van der Waals surface area (Å²) in [7, 11) is 1.74. The van der Waals surface area contributed by atoms with Gasteiger partial charge < -0.3 is 19.5 Å². The van der Waals surface area contributed by atoms with Crippen molar-refractivity contribution < 1.29 is 14.2 Å². The van der Waals surface area contributed by atoms with Gasteiger partial charge in [-0.25, -0.2) is 0 Å². The van der Waals surface area contributed by atoms with E-state index >= 15 is 0 Å². The van der Waals surface area contributed by atoms with Gasteiger partial charge in [0.25, 0.3) is 0 Å². The fourth-order valence-electron chi connectivity index (χ4n) is 4.11. The zero-order valence-electron chi connectivity index (χ0n) is 16.7. The Morgan fingerprint density at radius 2 is 1.68 bits per heavy atom. The lowest BCUT2D eigenvalue weighted by molar-refractivity contribution is 0.286. The molecule has 28 heavy (non-hydrogen) atoms. The minimum absolute atomic E-state index is 0.0414. The highest BCUT2D eigenvalue weighted by molar-refractivity contribution is 5.89. The van der Waals surface area contributed by atoms with Gasteiger partial charge in [0.2, 0.25) is 0 Å². The molecule has 0 amide bonds. The first kappa shape index (κ1) is 18.6. The predicted octanol–water partition coefficient (Wildman–Crippen LogP) is 4.88. The number of rotatable bonds is 6. The maximum atomic E-state index is 5.90. The molecule has 0 radical (unpaired) electrons. The van der Waals surface area contributed by atoms with Crippen molar-refractivity contribution in [3.05, 3.63) is 65.2 Å². The van der Waals surface area contributed by atoms with Gasteiger partial charge in [0.1, 0.15) is 5.75 Å². The Bertz CT molecular complexity index is 983. The van der Waals surface area contributed by atoms with E-state index < -0.39 is 0 Å². The van der Waals surface area contributed by atoms with Crippen molar-refractivity contribution >= 4 is 10.8 Å². The SMILES string of the molecule is CCOc1cc2c(cc1OCC)C(c1c(OC)ccc3ccccc13)NCC2. The van der Waals surface area contributed by atoms with Crippen LogP contribution in [0.1, 0.15) is 36.6 Å². The molecule has 4 rings (SSSR count). The van der Waals surface area contributed by atoms with Crippen LogP contribution in [0.5, 0.6) is 17.2 Å². The largest absolute Gasteiger partial charge is 0.496 e. The second-order valence-corrected chi connectivity index (χ2v) is 6.90. The van der Waals surface area contributed by atoms with Crippen molar-refractivity contribution in [3.8, 4) is 17.2 Å². The highest BCUT2D eigenvalue weighted by Crippen LogP contribution is 2.42. The summed E-state index contributed by atoms with van der Waals surface area (Å²) < 4.78 is 17.5. The van der Waals surface area contributed by atoms with Crippen molar-refractivity contribution in [2.45, 2.75) is 26.3 Å². The number of nitrogens with one attached hydrogen (secondary N) is 1. The number of benzene rings is 3. The summed E-state index contributed by atoms with van der Waals surface area (Å²) in [5.41, 5.74) is 3.70. The lowest BCUT2D eigenvalue weighted by Crippen LogP contribution is -2.31. The zero-order valence-corrected chi connectivity index (χ0v) is 16.7. The Balaban J connectivity index is 1.91. The Kier molecular flexibility index (Phi) is 5.40. The predicted molar refractivity (Wildman–Crippen MR) is 113 cm³/mol. The van der Waals surface area contributed by atoms with Gasteiger partial charge in [0, 0.05) is 12.1 Å². The molecule has 146 valence electrons. The molecule has 4 nitrogen and oxygen atoms in total. The molecule has 1 heterocycles. The summed E-state index contributed by atoms with van der Waals surface area (Å²) >= 11 is 0. The summed E-state index contributed by atoms with van der Waals surface area (Å²) in [5, 5.41) is 6.12. The monoisotopic (exact) mass is 377 g/mol. The number of hydrogen-bond acceptors (Lipinski definition) is 4. The molecule has 1 N–H and O–H groups in total. The number of ether oxygens (including phenoxy) is 3. The van der Waals surface area contributed by atoms with E-state index in [4.69, 9.17) is 14.2 Å². The lowest BCUT2D eigenvalue weighted by atomic mass is 9.86. The normalized spacial score (nSPS) is 15.9. The fraction of sp³-hybridized carbons (Fsp3) is 0.333. The topological polar surface area (TPSA) is 39.7 Å². The fourth-order valence-corrected chi connectivity index (χ4v) is 4.11. The smallest absolute Gasteiger partial charge is 0.161 e. The molecule has 0 saturated heterocycles. The van der Waals surface area contributed by atoms with Crippen LogP contribution in [-0.2, 0) is 6.42 Å². The molecule has 3 aromatic rings. The van der Waals surface area contributed by atoms with Crippen molar-refractivity contribution in [2.75, 3.05) is 26.9 Å². The highest BCUT2D eigenvalue weighted by Gasteiger charge is 2.27. The standard InChI is InChI=1S/C24H27NO3/c1-4-27-21-14-17-12-13-25-24(19(17)15-22(21)28-5-2)23-18-9-7-6-8-16(18)10-11-20(23)26-3/h6-11,14-15,24-25H,4-5,12-13H2,1-3H3. The maximum Gasteiger partial charge on any atom is 0.161 e. The van der Waals surface area contributed by atoms with Crippen LogP contribution in [0, 0.1) is 0 Å². The molecule has 1 aliphatic rings. The molecule has 0 fully saturated rings. The molecule has 0 aromatic heterocycles. The first-order valence-corrected chi connectivity index (χ1v) is 9.98. The Morgan fingerprint density at radius 1 is 0.929 bits per heavy atom. The summed E-state index contributed by atoms with van der Waals surface area (Å²) in [6, 6.07) is 17.0. The van der Waals surface area contributed by atoms with E-state index in [1.54, 1.807) is 7.11 Å². The lowest BCUT2D eigenvalue weighted by Gasteiger charge is -2.30. The van der Waals surface area contributed by atoms with Gasteiger partial charge in [-0.15, -0.1) is 0 Å². The number of hydrogen-bond donors (Lipinski definition) is 1. The Morgan fingerprint density at radius 3 is 2.43 bits per heavy atom. The minimum atomic E-state index is 0.0414. The van der Waals surface area contributed by atoms with Crippen LogP contribution in [-0.4, -0.2) is 26.9 Å². The van der Waals surface area contributed by atoms with E-state index in [9.17, 15) is 0 Å². The summed E-state index contributed by atoms with van der Waals surface area (Å²) in [6.07, 6.45) is 0.964. The molecule has 0 aliphatic carbocycles. The average molecular weight is 377 g/mol. The average Bonchev–Trinajstić information content (AvgIpc) is 2.73.